The molecule has 2 rings (SSSR count). The van der Waals surface area contributed by atoms with Gasteiger partial charge >= 0.3 is 0 Å². The SMILES string of the molecule is NC(Cc1ccc(F)c(Br)c1)C1CCC1. The topological polar surface area (TPSA) is 26.0 Å². The van der Waals surface area contributed by atoms with Crippen molar-refractivity contribution in [1.82, 2.24) is 0 Å². The highest BCUT2D eigenvalue weighted by molar-refractivity contribution is 9.10. The van der Waals surface area contributed by atoms with Crippen LogP contribution in [0.4, 0.5) is 4.39 Å². The van der Waals surface area contributed by atoms with Crippen molar-refractivity contribution in [3.8, 4) is 0 Å². The smallest absolute Gasteiger partial charge is 0.137 e. The molecule has 1 atom stereocenters. The highest BCUT2D eigenvalue weighted by Crippen LogP contribution is 2.30. The van der Waals surface area contributed by atoms with E-state index in [2.05, 4.69) is 15.9 Å². The van der Waals surface area contributed by atoms with Crippen LogP contribution in [0.25, 0.3) is 0 Å². The average molecular weight is 272 g/mol. The van der Waals surface area contributed by atoms with Crippen molar-refractivity contribution in [3.05, 3.63) is 34.1 Å². The van der Waals surface area contributed by atoms with Crippen LogP contribution in [0.1, 0.15) is 24.8 Å². The Morgan fingerprint density at radius 3 is 2.73 bits per heavy atom. The molecule has 0 aromatic heterocycles. The van der Waals surface area contributed by atoms with Crippen LogP contribution in [0.5, 0.6) is 0 Å². The third kappa shape index (κ3) is 2.58. The summed E-state index contributed by atoms with van der Waals surface area (Å²) >= 11 is 3.19. The van der Waals surface area contributed by atoms with Crippen LogP contribution in [0.2, 0.25) is 0 Å². The van der Waals surface area contributed by atoms with E-state index in [1.165, 1.54) is 25.3 Å². The van der Waals surface area contributed by atoms with Gasteiger partial charge in [0.25, 0.3) is 0 Å². The first-order chi connectivity index (χ1) is 7.16. The second-order valence-corrected chi connectivity index (χ2v) is 5.16. The van der Waals surface area contributed by atoms with E-state index in [9.17, 15) is 4.39 Å². The summed E-state index contributed by atoms with van der Waals surface area (Å²) in [6.45, 7) is 0. The maximum absolute atomic E-state index is 13.0. The lowest BCUT2D eigenvalue weighted by Gasteiger charge is -2.31. The van der Waals surface area contributed by atoms with Gasteiger partial charge in [0.1, 0.15) is 5.82 Å². The monoisotopic (exact) mass is 271 g/mol. The number of rotatable bonds is 3. The molecule has 0 radical (unpaired) electrons. The van der Waals surface area contributed by atoms with Gasteiger partial charge in [0.05, 0.1) is 4.47 Å². The summed E-state index contributed by atoms with van der Waals surface area (Å²) in [5.41, 5.74) is 7.20. The quantitative estimate of drug-likeness (QED) is 0.898. The Morgan fingerprint density at radius 1 is 1.47 bits per heavy atom. The molecule has 0 amide bonds. The zero-order valence-corrected chi connectivity index (χ0v) is 10.1. The number of hydrogen-bond donors (Lipinski definition) is 1. The summed E-state index contributed by atoms with van der Waals surface area (Å²) in [7, 11) is 0. The van der Waals surface area contributed by atoms with Crippen molar-refractivity contribution in [3.63, 3.8) is 0 Å². The second-order valence-electron chi connectivity index (χ2n) is 4.31. The molecule has 1 aromatic carbocycles. The summed E-state index contributed by atoms with van der Waals surface area (Å²) in [5.74, 6) is 0.463. The van der Waals surface area contributed by atoms with Crippen LogP contribution in [0, 0.1) is 11.7 Å². The normalized spacial score (nSPS) is 18.6. The van der Waals surface area contributed by atoms with E-state index in [0.29, 0.717) is 10.4 Å². The Bertz CT molecular complexity index is 349. The number of benzene rings is 1. The zero-order valence-electron chi connectivity index (χ0n) is 8.55. The lowest BCUT2D eigenvalue weighted by molar-refractivity contribution is 0.260. The van der Waals surface area contributed by atoms with Gasteiger partial charge in [-0.15, -0.1) is 0 Å². The van der Waals surface area contributed by atoms with E-state index < -0.39 is 0 Å². The predicted molar refractivity (Wildman–Crippen MR) is 63.1 cm³/mol. The third-order valence-electron chi connectivity index (χ3n) is 3.21. The van der Waals surface area contributed by atoms with E-state index in [-0.39, 0.29) is 11.9 Å². The summed E-state index contributed by atoms with van der Waals surface area (Å²) in [5, 5.41) is 0. The molecule has 2 N–H and O–H groups in total. The lowest BCUT2D eigenvalue weighted by Crippen LogP contribution is -2.36. The zero-order chi connectivity index (χ0) is 10.8. The van der Waals surface area contributed by atoms with Crippen LogP contribution >= 0.6 is 15.9 Å². The first kappa shape index (κ1) is 11.1. The van der Waals surface area contributed by atoms with E-state index in [1.807, 2.05) is 12.1 Å². The molecule has 15 heavy (non-hydrogen) atoms. The van der Waals surface area contributed by atoms with Gasteiger partial charge < -0.3 is 5.73 Å². The second kappa shape index (κ2) is 4.62. The predicted octanol–water partition coefficient (Wildman–Crippen LogP) is 3.26. The number of hydrogen-bond acceptors (Lipinski definition) is 1. The van der Waals surface area contributed by atoms with Crippen LogP contribution in [-0.4, -0.2) is 6.04 Å². The summed E-state index contributed by atoms with van der Waals surface area (Å²) in [6, 6.07) is 5.37. The molecular weight excluding hydrogens is 257 g/mol. The van der Waals surface area contributed by atoms with Crippen molar-refractivity contribution in [2.75, 3.05) is 0 Å². The Balaban J connectivity index is 2.00. The van der Waals surface area contributed by atoms with Crippen LogP contribution < -0.4 is 5.73 Å². The van der Waals surface area contributed by atoms with Gasteiger partial charge in [0, 0.05) is 6.04 Å². The maximum Gasteiger partial charge on any atom is 0.137 e. The van der Waals surface area contributed by atoms with Crippen molar-refractivity contribution < 1.29 is 4.39 Å². The highest BCUT2D eigenvalue weighted by atomic mass is 79.9. The van der Waals surface area contributed by atoms with E-state index in [4.69, 9.17) is 5.73 Å². The number of nitrogens with two attached hydrogens (primary N) is 1. The molecule has 1 unspecified atom stereocenters. The maximum atomic E-state index is 13.0. The van der Waals surface area contributed by atoms with Crippen LogP contribution in [-0.2, 0) is 6.42 Å². The first-order valence-electron chi connectivity index (χ1n) is 5.36. The molecule has 1 aliphatic carbocycles. The molecule has 1 nitrogen and oxygen atoms in total. The van der Waals surface area contributed by atoms with Crippen molar-refractivity contribution in [1.29, 1.82) is 0 Å². The minimum Gasteiger partial charge on any atom is -0.327 e. The van der Waals surface area contributed by atoms with Gasteiger partial charge in [-0.3, -0.25) is 0 Å². The van der Waals surface area contributed by atoms with Gasteiger partial charge in [0.2, 0.25) is 0 Å². The Kier molecular flexibility index (Phi) is 3.42. The van der Waals surface area contributed by atoms with E-state index >= 15 is 0 Å². The molecule has 1 saturated carbocycles. The van der Waals surface area contributed by atoms with E-state index in [1.54, 1.807) is 0 Å². The van der Waals surface area contributed by atoms with Gasteiger partial charge in [-0.25, -0.2) is 4.39 Å². The molecule has 0 aliphatic heterocycles. The Morgan fingerprint density at radius 2 is 2.20 bits per heavy atom. The molecule has 0 bridgehead atoms. The number of halogens is 2. The molecule has 3 heteroatoms. The Hall–Kier alpha value is -0.410. The summed E-state index contributed by atoms with van der Waals surface area (Å²) < 4.78 is 13.5. The standard InChI is InChI=1S/C12H15BrFN/c13-10-6-8(4-5-11(10)14)7-12(15)9-2-1-3-9/h4-6,9,12H,1-3,7,15H2. The largest absolute Gasteiger partial charge is 0.327 e. The Labute approximate surface area is 98.0 Å². The molecule has 0 saturated heterocycles. The molecule has 0 heterocycles. The molecule has 1 aromatic rings. The first-order valence-corrected chi connectivity index (χ1v) is 6.15. The van der Waals surface area contributed by atoms with Gasteiger partial charge in [-0.2, -0.15) is 0 Å². The van der Waals surface area contributed by atoms with Gasteiger partial charge in [-0.1, -0.05) is 12.5 Å². The minimum atomic E-state index is -0.212. The van der Waals surface area contributed by atoms with Crippen LogP contribution in [0.3, 0.4) is 0 Å². The van der Waals surface area contributed by atoms with Crippen molar-refractivity contribution in [2.24, 2.45) is 11.7 Å². The van der Waals surface area contributed by atoms with Crippen molar-refractivity contribution >= 4 is 15.9 Å². The minimum absolute atomic E-state index is 0.212. The molecular formula is C12H15BrFN. The van der Waals surface area contributed by atoms with Gasteiger partial charge in [-0.05, 0) is 58.8 Å². The fourth-order valence-electron chi connectivity index (χ4n) is 1.97. The van der Waals surface area contributed by atoms with E-state index in [0.717, 1.165) is 12.0 Å². The summed E-state index contributed by atoms with van der Waals surface area (Å²) in [6.07, 6.45) is 4.67. The third-order valence-corrected chi connectivity index (χ3v) is 3.82. The highest BCUT2D eigenvalue weighted by Gasteiger charge is 2.24. The lowest BCUT2D eigenvalue weighted by atomic mass is 9.78. The average Bonchev–Trinajstić information content (AvgIpc) is 2.08. The van der Waals surface area contributed by atoms with Gasteiger partial charge in [0.15, 0.2) is 0 Å². The molecule has 82 valence electrons. The summed E-state index contributed by atoms with van der Waals surface area (Å²) in [4.78, 5) is 0. The molecule has 1 aliphatic rings. The fraction of sp³-hybridized carbons (Fsp3) is 0.500. The van der Waals surface area contributed by atoms with Crippen LogP contribution in [0.15, 0.2) is 22.7 Å². The molecule has 0 spiro atoms. The van der Waals surface area contributed by atoms with Crippen molar-refractivity contribution in [2.45, 2.75) is 31.7 Å². The fourth-order valence-corrected chi connectivity index (χ4v) is 2.40. The molecule has 1 fully saturated rings.